The van der Waals surface area contributed by atoms with E-state index in [-0.39, 0.29) is 12.8 Å². The number of aliphatic hydroxyl groups is 2. The Bertz CT molecular complexity index is 662. The van der Waals surface area contributed by atoms with Crippen molar-refractivity contribution in [1.29, 1.82) is 0 Å². The molecule has 1 aliphatic rings. The predicted octanol–water partition coefficient (Wildman–Crippen LogP) is -3.85. The molecule has 1 rings (SSSR count). The van der Waals surface area contributed by atoms with Crippen LogP contribution in [0.4, 0.5) is 0 Å². The molecule has 9 N–H and O–H groups in total. The summed E-state index contributed by atoms with van der Waals surface area (Å²) in [6, 6.07) is -3.31. The van der Waals surface area contributed by atoms with Crippen molar-refractivity contribution in [3.63, 3.8) is 0 Å². The topological polar surface area (TPSA) is 233 Å². The Morgan fingerprint density at radius 1 is 1.16 bits per heavy atom. The number of primary amides is 1. The maximum atomic E-state index is 12.5. The number of aliphatic carboxylic acids is 1. The summed E-state index contributed by atoms with van der Waals surface area (Å²) in [6.07, 6.45) is -6.26. The molecule has 0 aromatic rings. The molecule has 8 atom stereocenters. The van der Waals surface area contributed by atoms with Gasteiger partial charge in [-0.25, -0.2) is 0 Å². The molecule has 184 valence electrons. The highest BCUT2D eigenvalue weighted by molar-refractivity contribution is 5.92. The fraction of sp³-hybridized carbons (Fsp3) is 0.778. The van der Waals surface area contributed by atoms with Crippen molar-refractivity contribution in [2.24, 2.45) is 11.5 Å². The Hall–Kier alpha value is -2.36. The van der Waals surface area contributed by atoms with E-state index in [1.54, 1.807) is 0 Å². The maximum absolute atomic E-state index is 12.5. The second-order valence-corrected chi connectivity index (χ2v) is 7.40. The third kappa shape index (κ3) is 7.65. The van der Waals surface area contributed by atoms with E-state index in [0.717, 1.165) is 0 Å². The van der Waals surface area contributed by atoms with E-state index in [2.05, 4.69) is 10.6 Å². The molecule has 1 heterocycles. The van der Waals surface area contributed by atoms with Crippen molar-refractivity contribution in [1.82, 2.24) is 10.6 Å². The molecule has 1 aliphatic heterocycles. The summed E-state index contributed by atoms with van der Waals surface area (Å²) in [5, 5.41) is 33.1. The molecule has 0 saturated carbocycles. The van der Waals surface area contributed by atoms with Crippen LogP contribution in [-0.2, 0) is 33.4 Å². The van der Waals surface area contributed by atoms with Crippen LogP contribution in [0.15, 0.2) is 0 Å². The van der Waals surface area contributed by atoms with Crippen molar-refractivity contribution in [2.75, 3.05) is 13.7 Å². The minimum absolute atomic E-state index is 0.206. The van der Waals surface area contributed by atoms with Crippen LogP contribution >= 0.6 is 0 Å². The number of aliphatic hydroxyl groups excluding tert-OH is 2. The van der Waals surface area contributed by atoms with E-state index in [1.807, 2.05) is 0 Å². The van der Waals surface area contributed by atoms with E-state index in [4.69, 9.17) is 30.8 Å². The fourth-order valence-corrected chi connectivity index (χ4v) is 3.02. The van der Waals surface area contributed by atoms with Gasteiger partial charge in [0, 0.05) is 13.5 Å². The molecule has 0 unspecified atom stereocenters. The quantitative estimate of drug-likeness (QED) is 0.148. The smallest absolute Gasteiger partial charge is 0.303 e. The first-order valence-corrected chi connectivity index (χ1v) is 9.92. The fourth-order valence-electron chi connectivity index (χ4n) is 3.02. The van der Waals surface area contributed by atoms with Crippen molar-refractivity contribution >= 4 is 23.7 Å². The molecule has 14 nitrogen and oxygen atoms in total. The number of ether oxygens (including phenoxy) is 3. The average Bonchev–Trinajstić information content (AvgIpc) is 2.73. The van der Waals surface area contributed by atoms with E-state index in [0.29, 0.717) is 0 Å². The zero-order valence-corrected chi connectivity index (χ0v) is 18.1. The van der Waals surface area contributed by atoms with Gasteiger partial charge >= 0.3 is 5.97 Å². The normalized spacial score (nSPS) is 28.2. The van der Waals surface area contributed by atoms with Gasteiger partial charge in [0.25, 0.3) is 0 Å². The Balaban J connectivity index is 2.70. The van der Waals surface area contributed by atoms with Crippen LogP contribution in [0.25, 0.3) is 0 Å². The number of hydrogen-bond donors (Lipinski definition) is 7. The minimum Gasteiger partial charge on any atom is -0.481 e. The lowest BCUT2D eigenvalue weighted by Crippen LogP contribution is -2.64. The van der Waals surface area contributed by atoms with Gasteiger partial charge in [0.05, 0.1) is 12.6 Å². The van der Waals surface area contributed by atoms with Gasteiger partial charge < -0.3 is 51.6 Å². The zero-order chi connectivity index (χ0) is 24.6. The number of methoxy groups -OCH3 is 1. The highest BCUT2D eigenvalue weighted by atomic mass is 16.7. The molecule has 3 amide bonds. The number of carboxylic acids is 1. The van der Waals surface area contributed by atoms with Gasteiger partial charge in [-0.3, -0.25) is 19.2 Å². The molecule has 14 heteroatoms. The van der Waals surface area contributed by atoms with E-state index >= 15 is 0 Å². The molecule has 0 aromatic heterocycles. The summed E-state index contributed by atoms with van der Waals surface area (Å²) < 4.78 is 16.0. The summed E-state index contributed by atoms with van der Waals surface area (Å²) in [7, 11) is 1.32. The first-order valence-electron chi connectivity index (χ1n) is 9.92. The summed E-state index contributed by atoms with van der Waals surface area (Å²) >= 11 is 0. The highest BCUT2D eigenvalue weighted by Gasteiger charge is 2.45. The number of hydrogen-bond acceptors (Lipinski definition) is 10. The van der Waals surface area contributed by atoms with Gasteiger partial charge in [0.2, 0.25) is 17.7 Å². The van der Waals surface area contributed by atoms with Gasteiger partial charge in [0.1, 0.15) is 36.5 Å². The van der Waals surface area contributed by atoms with E-state index < -0.39 is 79.1 Å². The van der Waals surface area contributed by atoms with Crippen molar-refractivity contribution in [2.45, 2.75) is 75.5 Å². The Morgan fingerprint density at radius 2 is 1.78 bits per heavy atom. The summed E-state index contributed by atoms with van der Waals surface area (Å²) in [5.74, 6) is -3.56. The molecular formula is C18H32N4O10. The third-order valence-corrected chi connectivity index (χ3v) is 4.92. The Labute approximate surface area is 184 Å². The summed E-state index contributed by atoms with van der Waals surface area (Å²) in [5.41, 5.74) is 11.1. The van der Waals surface area contributed by atoms with Crippen molar-refractivity contribution < 1.29 is 48.7 Å². The van der Waals surface area contributed by atoms with Crippen LogP contribution in [-0.4, -0.2) is 102 Å². The van der Waals surface area contributed by atoms with Crippen LogP contribution < -0.4 is 22.1 Å². The Kier molecular flexibility index (Phi) is 10.9. The van der Waals surface area contributed by atoms with Gasteiger partial charge in [-0.1, -0.05) is 0 Å². The van der Waals surface area contributed by atoms with Gasteiger partial charge in [0.15, 0.2) is 6.29 Å². The van der Waals surface area contributed by atoms with Crippen molar-refractivity contribution in [3.8, 4) is 0 Å². The van der Waals surface area contributed by atoms with Crippen LogP contribution in [0.3, 0.4) is 0 Å². The van der Waals surface area contributed by atoms with Gasteiger partial charge in [-0.05, 0) is 20.3 Å². The molecule has 0 spiro atoms. The van der Waals surface area contributed by atoms with Crippen LogP contribution in [0.1, 0.15) is 26.7 Å². The lowest BCUT2D eigenvalue weighted by Gasteiger charge is -2.42. The summed E-state index contributed by atoms with van der Waals surface area (Å²) in [4.78, 5) is 46.8. The number of amides is 3. The van der Waals surface area contributed by atoms with Crippen molar-refractivity contribution in [3.05, 3.63) is 0 Å². The number of carbonyl (C=O) groups is 4. The molecule has 0 aromatic carbocycles. The van der Waals surface area contributed by atoms with Gasteiger partial charge in [-0.15, -0.1) is 0 Å². The second kappa shape index (κ2) is 12.6. The van der Waals surface area contributed by atoms with E-state index in [9.17, 15) is 29.4 Å². The lowest BCUT2D eigenvalue weighted by molar-refractivity contribution is -0.269. The van der Waals surface area contributed by atoms with Crippen LogP contribution in [0, 0.1) is 0 Å². The zero-order valence-electron chi connectivity index (χ0n) is 18.1. The maximum Gasteiger partial charge on any atom is 0.303 e. The molecule has 0 radical (unpaired) electrons. The number of rotatable bonds is 12. The average molecular weight is 464 g/mol. The number of nitrogens with two attached hydrogens (primary N) is 2. The molecule has 0 bridgehead atoms. The standard InChI is InChI=1S/C18H32N4O10/c1-7(16(28)22-9(15(20)27)4-5-11(24)25)21-17(29)8(2)31-14-12(19)18(30-3)32-10(6-23)13(14)26/h7-10,12-14,18,23,26H,4-6,19H2,1-3H3,(H2,20,27)(H,21,29)(H,22,28)(H,24,25)/t7-,8+,9+,10+,12+,13+,14+,18+/m0/s1. The molecular weight excluding hydrogens is 432 g/mol. The molecule has 0 aliphatic carbocycles. The number of carbonyl (C=O) groups excluding carboxylic acids is 3. The minimum atomic E-state index is -1.34. The Morgan fingerprint density at radius 3 is 2.28 bits per heavy atom. The highest BCUT2D eigenvalue weighted by Crippen LogP contribution is 2.23. The second-order valence-electron chi connectivity index (χ2n) is 7.40. The predicted molar refractivity (Wildman–Crippen MR) is 107 cm³/mol. The van der Waals surface area contributed by atoms with E-state index in [1.165, 1.54) is 21.0 Å². The summed E-state index contributed by atoms with van der Waals surface area (Å²) in [6.45, 7) is 2.17. The first kappa shape index (κ1) is 27.7. The molecule has 1 fully saturated rings. The van der Waals surface area contributed by atoms with Crippen LogP contribution in [0.5, 0.6) is 0 Å². The third-order valence-electron chi connectivity index (χ3n) is 4.92. The molecule has 32 heavy (non-hydrogen) atoms. The first-order chi connectivity index (χ1) is 14.9. The number of nitrogens with one attached hydrogen (secondary N) is 2. The van der Waals surface area contributed by atoms with Gasteiger partial charge in [-0.2, -0.15) is 0 Å². The largest absolute Gasteiger partial charge is 0.481 e. The SMILES string of the molecule is CO[C@@H]1O[C@H](CO)[C@@H](O)[C@H](O[C@H](C)C(=O)N[C@@H](C)C(=O)N[C@H](CCC(=O)O)C(N)=O)[C@H]1N. The monoisotopic (exact) mass is 464 g/mol. The molecule has 1 saturated heterocycles. The van der Waals surface area contributed by atoms with Crippen LogP contribution in [0.2, 0.25) is 0 Å². The lowest BCUT2D eigenvalue weighted by atomic mass is 9.97. The number of carboxylic acid groups (broad SMARTS) is 1.